The maximum absolute atomic E-state index is 13.2. The van der Waals surface area contributed by atoms with E-state index in [1.54, 1.807) is 18.3 Å². The summed E-state index contributed by atoms with van der Waals surface area (Å²) < 4.78 is 5.13. The van der Waals surface area contributed by atoms with Crippen molar-refractivity contribution in [3.8, 4) is 0 Å². The van der Waals surface area contributed by atoms with Gasteiger partial charge in [-0.15, -0.1) is 11.3 Å². The number of thiophene rings is 1. The third-order valence-electron chi connectivity index (χ3n) is 6.43. The van der Waals surface area contributed by atoms with Crippen molar-refractivity contribution in [2.75, 3.05) is 11.9 Å². The quantitative estimate of drug-likeness (QED) is 0.273. The van der Waals surface area contributed by atoms with Gasteiger partial charge in [-0.3, -0.25) is 19.7 Å². The van der Waals surface area contributed by atoms with Crippen molar-refractivity contribution in [2.24, 2.45) is 5.92 Å². The van der Waals surface area contributed by atoms with Gasteiger partial charge in [-0.2, -0.15) is 0 Å². The Balaban J connectivity index is 1.25. The highest BCUT2D eigenvalue weighted by Gasteiger charge is 2.27. The number of fused-ring (bicyclic) bond motifs is 1. The van der Waals surface area contributed by atoms with Crippen molar-refractivity contribution in [1.29, 1.82) is 0 Å². The fraction of sp³-hybridized carbons (Fsp3) is 0.379. The van der Waals surface area contributed by atoms with E-state index >= 15 is 0 Å². The van der Waals surface area contributed by atoms with Gasteiger partial charge in [0.1, 0.15) is 19.2 Å². The minimum Gasteiger partial charge on any atom is -0.445 e. The van der Waals surface area contributed by atoms with Gasteiger partial charge >= 0.3 is 6.09 Å². The Bertz CT molecular complexity index is 1350. The number of ether oxygens (including phenoxy) is 1. The number of benzene rings is 1. The molecule has 4 rings (SSSR count). The average Bonchev–Trinajstić information content (AvgIpc) is 3.50. The number of aryl methyl sites for hydroxylation is 1. The summed E-state index contributed by atoms with van der Waals surface area (Å²) in [4.78, 5) is 59.4. The summed E-state index contributed by atoms with van der Waals surface area (Å²) in [5.41, 5.74) is 2.57. The zero-order valence-corrected chi connectivity index (χ0v) is 23.8. The maximum Gasteiger partial charge on any atom is 0.407 e. The van der Waals surface area contributed by atoms with Gasteiger partial charge in [-0.1, -0.05) is 50.2 Å². The predicted molar refractivity (Wildman–Crippen MR) is 154 cm³/mol. The molecule has 12 heteroatoms. The van der Waals surface area contributed by atoms with E-state index in [0.717, 1.165) is 16.8 Å². The molecule has 4 amide bonds. The highest BCUT2D eigenvalue weighted by atomic mass is 32.1. The molecule has 11 nitrogen and oxygen atoms in total. The number of carbonyl (C=O) groups is 4. The van der Waals surface area contributed by atoms with Crippen LogP contribution < -0.4 is 21.3 Å². The van der Waals surface area contributed by atoms with Crippen LogP contribution in [0, 0.1) is 5.92 Å². The lowest BCUT2D eigenvalue weighted by molar-refractivity contribution is -0.129. The fourth-order valence-corrected chi connectivity index (χ4v) is 5.06. The van der Waals surface area contributed by atoms with Crippen LogP contribution in [0.5, 0.6) is 0 Å². The SMILES string of the molecule is CC(C)CC(NC(=O)CNC(=O)OCc1ccccc1)C(=O)NC1CCc2nc(NC(=O)c3cccs3)ncc2C1. The van der Waals surface area contributed by atoms with Gasteiger partial charge in [0.15, 0.2) is 0 Å². The number of carbonyl (C=O) groups excluding carboxylic acids is 4. The largest absolute Gasteiger partial charge is 0.445 e. The maximum atomic E-state index is 13.2. The molecule has 0 aliphatic heterocycles. The molecule has 0 saturated carbocycles. The Morgan fingerprint density at radius 2 is 1.90 bits per heavy atom. The molecular weight excluding hydrogens is 544 g/mol. The number of amides is 4. The Morgan fingerprint density at radius 1 is 1.10 bits per heavy atom. The van der Waals surface area contributed by atoms with Gasteiger partial charge in [-0.05, 0) is 54.2 Å². The molecule has 2 heterocycles. The van der Waals surface area contributed by atoms with E-state index in [1.807, 2.05) is 49.6 Å². The average molecular weight is 579 g/mol. The highest BCUT2D eigenvalue weighted by Crippen LogP contribution is 2.21. The predicted octanol–water partition coefficient (Wildman–Crippen LogP) is 3.22. The van der Waals surface area contributed by atoms with Crippen molar-refractivity contribution in [3.05, 3.63) is 75.7 Å². The number of hydrogen-bond donors (Lipinski definition) is 4. The van der Waals surface area contributed by atoms with Crippen LogP contribution in [0.2, 0.25) is 0 Å². The minimum absolute atomic E-state index is 0.0906. The standard InChI is InChI=1S/C29H34N6O5S/c1-18(2)13-23(33-25(36)16-31-29(39)40-17-19-7-4-3-5-8-19)26(37)32-21-10-11-22-20(14-21)15-30-28(34-22)35-27(38)24-9-6-12-41-24/h3-9,12,15,18,21,23H,10-11,13-14,16-17H2,1-2H3,(H,31,39)(H,32,37)(H,33,36)(H,30,34,35,38). The molecule has 1 aliphatic rings. The molecule has 2 unspecified atom stereocenters. The number of anilines is 1. The number of nitrogens with one attached hydrogen (secondary N) is 4. The first-order valence-corrected chi connectivity index (χ1v) is 14.4. The Kier molecular flexibility index (Phi) is 10.4. The van der Waals surface area contributed by atoms with Crippen molar-refractivity contribution in [1.82, 2.24) is 25.9 Å². The third kappa shape index (κ3) is 9.10. The second-order valence-electron chi connectivity index (χ2n) is 10.2. The Labute approximate surface area is 242 Å². The monoisotopic (exact) mass is 578 g/mol. The molecule has 3 aromatic rings. The molecule has 0 saturated heterocycles. The van der Waals surface area contributed by atoms with Gasteiger partial charge in [0.2, 0.25) is 17.8 Å². The van der Waals surface area contributed by atoms with Crippen LogP contribution in [0.25, 0.3) is 0 Å². The van der Waals surface area contributed by atoms with Crippen LogP contribution in [0.3, 0.4) is 0 Å². The summed E-state index contributed by atoms with van der Waals surface area (Å²) in [6.45, 7) is 3.71. The smallest absolute Gasteiger partial charge is 0.407 e. The molecule has 0 spiro atoms. The van der Waals surface area contributed by atoms with Crippen molar-refractivity contribution in [3.63, 3.8) is 0 Å². The Morgan fingerprint density at radius 3 is 2.63 bits per heavy atom. The van der Waals surface area contributed by atoms with Crippen molar-refractivity contribution >= 4 is 41.1 Å². The van der Waals surface area contributed by atoms with E-state index in [0.29, 0.717) is 30.6 Å². The molecule has 0 radical (unpaired) electrons. The summed E-state index contributed by atoms with van der Waals surface area (Å²) in [5, 5.41) is 12.8. The second-order valence-corrected chi connectivity index (χ2v) is 11.2. The molecule has 2 aromatic heterocycles. The van der Waals surface area contributed by atoms with E-state index in [9.17, 15) is 19.2 Å². The third-order valence-corrected chi connectivity index (χ3v) is 7.30. The lowest BCUT2D eigenvalue weighted by Crippen LogP contribution is -2.52. The summed E-state index contributed by atoms with van der Waals surface area (Å²) in [7, 11) is 0. The molecule has 0 fully saturated rings. The number of alkyl carbamates (subject to hydrolysis) is 1. The van der Waals surface area contributed by atoms with Crippen LogP contribution in [0.1, 0.15) is 53.2 Å². The summed E-state index contributed by atoms with van der Waals surface area (Å²) in [6, 6.07) is 11.8. The van der Waals surface area contributed by atoms with Crippen LogP contribution in [-0.4, -0.2) is 52.4 Å². The van der Waals surface area contributed by atoms with E-state index in [4.69, 9.17) is 4.74 Å². The zero-order valence-electron chi connectivity index (χ0n) is 23.0. The van der Waals surface area contributed by atoms with E-state index in [1.165, 1.54) is 11.3 Å². The molecule has 41 heavy (non-hydrogen) atoms. The molecule has 4 N–H and O–H groups in total. The molecular formula is C29H34N6O5S. The lowest BCUT2D eigenvalue weighted by atomic mass is 9.92. The molecule has 1 aromatic carbocycles. The molecule has 0 bridgehead atoms. The van der Waals surface area contributed by atoms with Crippen LogP contribution in [0.15, 0.2) is 54.0 Å². The number of aromatic nitrogens is 2. The van der Waals surface area contributed by atoms with Gasteiger partial charge in [0.05, 0.1) is 4.88 Å². The van der Waals surface area contributed by atoms with Crippen molar-refractivity contribution in [2.45, 2.75) is 58.2 Å². The van der Waals surface area contributed by atoms with E-state index in [2.05, 4.69) is 31.2 Å². The first-order valence-electron chi connectivity index (χ1n) is 13.5. The first-order chi connectivity index (χ1) is 19.8. The van der Waals surface area contributed by atoms with Gasteiger partial charge < -0.3 is 20.7 Å². The number of rotatable bonds is 11. The fourth-order valence-electron chi connectivity index (χ4n) is 4.44. The van der Waals surface area contributed by atoms with Gasteiger partial charge in [-0.25, -0.2) is 14.8 Å². The van der Waals surface area contributed by atoms with Crippen LogP contribution in [0.4, 0.5) is 10.7 Å². The summed E-state index contributed by atoms with van der Waals surface area (Å²) >= 11 is 1.34. The molecule has 2 atom stereocenters. The van der Waals surface area contributed by atoms with Crippen LogP contribution >= 0.6 is 11.3 Å². The minimum atomic E-state index is -0.753. The summed E-state index contributed by atoms with van der Waals surface area (Å²) in [6.07, 6.45) is 3.21. The lowest BCUT2D eigenvalue weighted by Gasteiger charge is -2.27. The first kappa shape index (κ1) is 29.7. The zero-order chi connectivity index (χ0) is 29.2. The molecule has 216 valence electrons. The highest BCUT2D eigenvalue weighted by molar-refractivity contribution is 7.12. The van der Waals surface area contributed by atoms with E-state index in [-0.39, 0.29) is 42.9 Å². The normalized spacial score (nSPS) is 14.9. The van der Waals surface area contributed by atoms with Gasteiger partial charge in [0, 0.05) is 17.9 Å². The molecule has 1 aliphatic carbocycles. The number of hydrogen-bond acceptors (Lipinski definition) is 8. The topological polar surface area (TPSA) is 151 Å². The second kappa shape index (κ2) is 14.4. The van der Waals surface area contributed by atoms with Crippen LogP contribution in [-0.2, 0) is 33.8 Å². The summed E-state index contributed by atoms with van der Waals surface area (Å²) in [5.74, 6) is -0.617. The van der Waals surface area contributed by atoms with Crippen molar-refractivity contribution < 1.29 is 23.9 Å². The number of nitrogens with zero attached hydrogens (tertiary/aromatic N) is 2. The van der Waals surface area contributed by atoms with Gasteiger partial charge in [0.25, 0.3) is 5.91 Å². The van der Waals surface area contributed by atoms with E-state index < -0.39 is 18.0 Å². The Hall–Kier alpha value is -4.32.